The van der Waals surface area contributed by atoms with Gasteiger partial charge in [-0.3, -0.25) is 4.79 Å². The van der Waals surface area contributed by atoms with Gasteiger partial charge in [0.25, 0.3) is 5.91 Å². The van der Waals surface area contributed by atoms with Gasteiger partial charge in [0.2, 0.25) is 0 Å². The van der Waals surface area contributed by atoms with Gasteiger partial charge in [-0.15, -0.1) is 0 Å². The Hall–Kier alpha value is -2.41. The van der Waals surface area contributed by atoms with Crippen LogP contribution in [0.3, 0.4) is 0 Å². The van der Waals surface area contributed by atoms with Crippen LogP contribution >= 0.6 is 0 Å². The molecule has 1 atom stereocenters. The lowest BCUT2D eigenvalue weighted by Crippen LogP contribution is -2.32. The maximum absolute atomic E-state index is 12.1. The number of carbonyl (C=O) groups is 1. The summed E-state index contributed by atoms with van der Waals surface area (Å²) in [5, 5.41) is 2.74. The molecule has 1 aromatic carbocycles. The molecular weight excluding hydrogens is 326 g/mol. The van der Waals surface area contributed by atoms with Crippen molar-refractivity contribution in [2.75, 3.05) is 28.8 Å². The number of nitrogens with zero attached hydrogens (tertiary/aromatic N) is 2. The van der Waals surface area contributed by atoms with E-state index >= 15 is 0 Å². The largest absolute Gasteiger partial charge is 0.369 e. The number of nitrogens with one attached hydrogen (secondary N) is 1. The maximum Gasteiger partial charge on any atom is 0.256 e. The predicted octanol–water partition coefficient (Wildman–Crippen LogP) is 1.96. The zero-order valence-electron chi connectivity index (χ0n) is 13.3. The maximum atomic E-state index is 12.1. The van der Waals surface area contributed by atoms with Crippen molar-refractivity contribution in [3.63, 3.8) is 0 Å². The highest BCUT2D eigenvalue weighted by Gasteiger charge is 2.30. The van der Waals surface area contributed by atoms with Crippen molar-refractivity contribution < 1.29 is 13.2 Å². The number of pyridine rings is 1. The highest BCUT2D eigenvalue weighted by Crippen LogP contribution is 2.23. The van der Waals surface area contributed by atoms with Crippen LogP contribution in [0.25, 0.3) is 0 Å². The molecule has 24 heavy (non-hydrogen) atoms. The first-order valence-corrected chi connectivity index (χ1v) is 9.52. The first-order chi connectivity index (χ1) is 11.4. The summed E-state index contributed by atoms with van der Waals surface area (Å²) in [6.07, 6.45) is 2.27. The third-order valence-electron chi connectivity index (χ3n) is 4.19. The van der Waals surface area contributed by atoms with Crippen molar-refractivity contribution >= 4 is 27.2 Å². The molecule has 1 aliphatic rings. The van der Waals surface area contributed by atoms with Crippen LogP contribution in [0.1, 0.15) is 16.8 Å². The van der Waals surface area contributed by atoms with Gasteiger partial charge >= 0.3 is 0 Å². The molecule has 1 amide bonds. The van der Waals surface area contributed by atoms with E-state index in [0.29, 0.717) is 17.8 Å². The molecule has 2 aromatic rings. The SMILES string of the molecule is CN(c1ccc(NC(=O)c2ccccc2)nc1)C1CCS(=O)(=O)C1. The molecule has 1 unspecified atom stereocenters. The molecule has 0 bridgehead atoms. The molecule has 0 saturated carbocycles. The van der Waals surface area contributed by atoms with E-state index in [-0.39, 0.29) is 23.5 Å². The van der Waals surface area contributed by atoms with E-state index in [4.69, 9.17) is 0 Å². The van der Waals surface area contributed by atoms with Gasteiger partial charge < -0.3 is 10.2 Å². The fourth-order valence-electron chi connectivity index (χ4n) is 2.74. The van der Waals surface area contributed by atoms with Crippen LogP contribution in [0, 0.1) is 0 Å². The molecule has 7 heteroatoms. The van der Waals surface area contributed by atoms with Gasteiger partial charge in [0.15, 0.2) is 9.84 Å². The summed E-state index contributed by atoms with van der Waals surface area (Å²) < 4.78 is 23.2. The van der Waals surface area contributed by atoms with Crippen molar-refractivity contribution in [1.82, 2.24) is 4.98 Å². The molecule has 1 aliphatic heterocycles. The van der Waals surface area contributed by atoms with Gasteiger partial charge in [-0.05, 0) is 30.7 Å². The standard InChI is InChI=1S/C17H19N3O3S/c1-20(15-9-10-24(22,23)12-15)14-7-8-16(18-11-14)19-17(21)13-5-3-2-4-6-13/h2-8,11,15H,9-10,12H2,1H3,(H,18,19,21). The lowest BCUT2D eigenvalue weighted by atomic mass is 10.2. The Bertz CT molecular complexity index is 820. The smallest absolute Gasteiger partial charge is 0.256 e. The number of rotatable bonds is 4. The van der Waals surface area contributed by atoms with Gasteiger partial charge in [0, 0.05) is 18.7 Å². The average Bonchev–Trinajstić information content (AvgIpc) is 2.95. The summed E-state index contributed by atoms with van der Waals surface area (Å²) in [7, 11) is -1.06. The first kappa shape index (κ1) is 16.4. The van der Waals surface area contributed by atoms with Crippen molar-refractivity contribution in [3.8, 4) is 0 Å². The Morgan fingerprint density at radius 3 is 2.54 bits per heavy atom. The molecule has 0 spiro atoms. The summed E-state index contributed by atoms with van der Waals surface area (Å²) in [5.74, 6) is 0.655. The molecule has 3 rings (SSSR count). The summed E-state index contributed by atoms with van der Waals surface area (Å²) in [6, 6.07) is 12.4. The van der Waals surface area contributed by atoms with E-state index < -0.39 is 9.84 Å². The number of benzene rings is 1. The van der Waals surface area contributed by atoms with Crippen molar-refractivity contribution in [2.24, 2.45) is 0 Å². The molecule has 2 heterocycles. The minimum Gasteiger partial charge on any atom is -0.369 e. The Morgan fingerprint density at radius 2 is 1.96 bits per heavy atom. The van der Waals surface area contributed by atoms with Gasteiger partial charge in [-0.1, -0.05) is 18.2 Å². The van der Waals surface area contributed by atoms with Gasteiger partial charge in [-0.25, -0.2) is 13.4 Å². The molecule has 0 radical (unpaired) electrons. The Kier molecular flexibility index (Phi) is 4.53. The minimum atomic E-state index is -2.92. The number of aromatic nitrogens is 1. The number of anilines is 2. The average molecular weight is 345 g/mol. The monoisotopic (exact) mass is 345 g/mol. The lowest BCUT2D eigenvalue weighted by Gasteiger charge is -2.25. The van der Waals surface area contributed by atoms with Crippen LogP contribution in [0.2, 0.25) is 0 Å². The van der Waals surface area contributed by atoms with Crippen LogP contribution in [0.5, 0.6) is 0 Å². The number of carbonyl (C=O) groups excluding carboxylic acids is 1. The van der Waals surface area contributed by atoms with E-state index in [1.807, 2.05) is 24.1 Å². The predicted molar refractivity (Wildman–Crippen MR) is 94.1 cm³/mol. The molecular formula is C17H19N3O3S. The summed E-state index contributed by atoms with van der Waals surface area (Å²) in [5.41, 5.74) is 1.39. The third kappa shape index (κ3) is 3.73. The Morgan fingerprint density at radius 1 is 1.21 bits per heavy atom. The molecule has 1 aromatic heterocycles. The third-order valence-corrected chi connectivity index (χ3v) is 5.94. The van der Waals surface area contributed by atoms with Gasteiger partial charge in [0.05, 0.1) is 23.4 Å². The topological polar surface area (TPSA) is 79.4 Å². The Balaban J connectivity index is 1.66. The first-order valence-electron chi connectivity index (χ1n) is 7.70. The highest BCUT2D eigenvalue weighted by molar-refractivity contribution is 7.91. The van der Waals surface area contributed by atoms with Gasteiger partial charge in [-0.2, -0.15) is 0 Å². The molecule has 1 N–H and O–H groups in total. The summed E-state index contributed by atoms with van der Waals surface area (Å²) in [6.45, 7) is 0. The Labute approximate surface area is 141 Å². The van der Waals surface area contributed by atoms with E-state index in [1.54, 1.807) is 36.5 Å². The second-order valence-electron chi connectivity index (χ2n) is 5.89. The molecule has 1 saturated heterocycles. The number of sulfone groups is 1. The van der Waals surface area contributed by atoms with Gasteiger partial charge in [0.1, 0.15) is 5.82 Å². The summed E-state index contributed by atoms with van der Waals surface area (Å²) in [4.78, 5) is 18.3. The van der Waals surface area contributed by atoms with E-state index in [2.05, 4.69) is 10.3 Å². The van der Waals surface area contributed by atoms with Crippen LogP contribution in [0.4, 0.5) is 11.5 Å². The highest BCUT2D eigenvalue weighted by atomic mass is 32.2. The van der Waals surface area contributed by atoms with E-state index in [9.17, 15) is 13.2 Å². The lowest BCUT2D eigenvalue weighted by molar-refractivity contribution is 0.102. The fraction of sp³-hybridized carbons (Fsp3) is 0.294. The molecule has 0 aliphatic carbocycles. The van der Waals surface area contributed by atoms with Crippen molar-refractivity contribution in [3.05, 3.63) is 54.2 Å². The van der Waals surface area contributed by atoms with E-state index in [0.717, 1.165) is 5.69 Å². The fourth-order valence-corrected chi connectivity index (χ4v) is 4.51. The quantitative estimate of drug-likeness (QED) is 0.916. The zero-order chi connectivity index (χ0) is 17.2. The van der Waals surface area contributed by atoms with Crippen molar-refractivity contribution in [1.29, 1.82) is 0 Å². The van der Waals surface area contributed by atoms with Crippen molar-refractivity contribution in [2.45, 2.75) is 12.5 Å². The van der Waals surface area contributed by atoms with Crippen LogP contribution in [0.15, 0.2) is 48.7 Å². The number of hydrogen-bond acceptors (Lipinski definition) is 5. The molecule has 126 valence electrons. The summed E-state index contributed by atoms with van der Waals surface area (Å²) >= 11 is 0. The molecule has 1 fully saturated rings. The van der Waals surface area contributed by atoms with Crippen LogP contribution < -0.4 is 10.2 Å². The van der Waals surface area contributed by atoms with Crippen LogP contribution in [-0.4, -0.2) is 43.9 Å². The zero-order valence-corrected chi connectivity index (χ0v) is 14.2. The number of amides is 1. The van der Waals surface area contributed by atoms with E-state index in [1.165, 1.54) is 0 Å². The molecule has 6 nitrogen and oxygen atoms in total. The van der Waals surface area contributed by atoms with Crippen LogP contribution in [-0.2, 0) is 9.84 Å². The minimum absolute atomic E-state index is 0.0263. The second-order valence-corrected chi connectivity index (χ2v) is 8.12. The second kappa shape index (κ2) is 6.60. The number of hydrogen-bond donors (Lipinski definition) is 1. The normalized spacial score (nSPS) is 19.0.